The molecule has 1 aliphatic carbocycles. The summed E-state index contributed by atoms with van der Waals surface area (Å²) in [6.07, 6.45) is 4.50. The van der Waals surface area contributed by atoms with Crippen LogP contribution in [0, 0.1) is 17.2 Å². The first-order valence-corrected chi connectivity index (χ1v) is 7.98. The highest BCUT2D eigenvalue weighted by atomic mass is 15.2. The molecule has 4 heteroatoms. The molecule has 3 atom stereocenters. The molecule has 0 heterocycles. The topological polar surface area (TPSA) is 42.3 Å². The van der Waals surface area contributed by atoms with Crippen LogP contribution in [0.25, 0.3) is 0 Å². The molecule has 0 amide bonds. The maximum absolute atomic E-state index is 9.50. The lowest BCUT2D eigenvalue weighted by molar-refractivity contribution is 0.162. The van der Waals surface area contributed by atoms with Crippen LogP contribution in [0.4, 0.5) is 0 Å². The van der Waals surface area contributed by atoms with Gasteiger partial charge in [-0.2, -0.15) is 5.26 Å². The van der Waals surface area contributed by atoms with Crippen molar-refractivity contribution in [2.45, 2.75) is 51.1 Å². The Bertz CT molecular complexity index is 323. The number of likely N-dealkylation sites (N-methyl/N-ethyl adjacent to an activating group) is 2. The molecule has 0 aromatic rings. The van der Waals surface area contributed by atoms with Crippen molar-refractivity contribution in [3.63, 3.8) is 0 Å². The van der Waals surface area contributed by atoms with Crippen molar-refractivity contribution in [2.75, 3.05) is 40.8 Å². The number of nitrogens with zero attached hydrogens (tertiary/aromatic N) is 3. The summed E-state index contributed by atoms with van der Waals surface area (Å²) in [5.41, 5.74) is -0.274. The highest BCUT2D eigenvalue weighted by molar-refractivity contribution is 5.13. The van der Waals surface area contributed by atoms with Crippen molar-refractivity contribution in [1.29, 1.82) is 5.26 Å². The van der Waals surface area contributed by atoms with Gasteiger partial charge in [-0.05, 0) is 66.3 Å². The molecule has 0 aromatic carbocycles. The number of hydrogen-bond acceptors (Lipinski definition) is 4. The fraction of sp³-hybridized carbons (Fsp3) is 0.938. The molecule has 0 saturated heterocycles. The predicted molar refractivity (Wildman–Crippen MR) is 84.6 cm³/mol. The van der Waals surface area contributed by atoms with Crippen LogP contribution in [0.3, 0.4) is 0 Å². The van der Waals surface area contributed by atoms with Crippen LogP contribution in [0.1, 0.15) is 39.5 Å². The zero-order chi connectivity index (χ0) is 15.2. The van der Waals surface area contributed by atoms with E-state index >= 15 is 0 Å². The van der Waals surface area contributed by atoms with E-state index < -0.39 is 0 Å². The summed E-state index contributed by atoms with van der Waals surface area (Å²) < 4.78 is 0. The quantitative estimate of drug-likeness (QED) is 0.738. The Morgan fingerprint density at radius 1 is 1.45 bits per heavy atom. The molecule has 4 nitrogen and oxygen atoms in total. The molecule has 0 aliphatic heterocycles. The SMILES string of the molecule is CCN(CCC1CCCC1(C#N)NC)C(C)CN(C)C. The fourth-order valence-corrected chi connectivity index (χ4v) is 3.66. The Morgan fingerprint density at radius 3 is 2.65 bits per heavy atom. The lowest BCUT2D eigenvalue weighted by Crippen LogP contribution is -2.47. The van der Waals surface area contributed by atoms with E-state index in [9.17, 15) is 5.26 Å². The number of rotatable bonds is 8. The van der Waals surface area contributed by atoms with Gasteiger partial charge in [-0.3, -0.25) is 4.90 Å². The summed E-state index contributed by atoms with van der Waals surface area (Å²) in [6, 6.07) is 3.11. The van der Waals surface area contributed by atoms with Gasteiger partial charge in [-0.1, -0.05) is 13.3 Å². The Morgan fingerprint density at radius 2 is 2.15 bits per heavy atom. The molecule has 116 valence electrons. The average molecular weight is 280 g/mol. The van der Waals surface area contributed by atoms with Crippen molar-refractivity contribution in [1.82, 2.24) is 15.1 Å². The summed E-state index contributed by atoms with van der Waals surface area (Å²) in [5, 5.41) is 12.8. The lowest BCUT2D eigenvalue weighted by Gasteiger charge is -2.33. The molecule has 20 heavy (non-hydrogen) atoms. The monoisotopic (exact) mass is 280 g/mol. The van der Waals surface area contributed by atoms with E-state index in [-0.39, 0.29) is 5.54 Å². The number of nitriles is 1. The van der Waals surface area contributed by atoms with Gasteiger partial charge in [0.25, 0.3) is 0 Å². The zero-order valence-electron chi connectivity index (χ0n) is 13.9. The van der Waals surface area contributed by atoms with Gasteiger partial charge in [0.2, 0.25) is 0 Å². The third kappa shape index (κ3) is 4.18. The molecule has 0 bridgehead atoms. The van der Waals surface area contributed by atoms with Crippen molar-refractivity contribution < 1.29 is 0 Å². The molecule has 1 N–H and O–H groups in total. The van der Waals surface area contributed by atoms with Crippen molar-refractivity contribution >= 4 is 0 Å². The van der Waals surface area contributed by atoms with Crippen LogP contribution >= 0.6 is 0 Å². The summed E-state index contributed by atoms with van der Waals surface area (Å²) >= 11 is 0. The Balaban J connectivity index is 2.54. The molecule has 3 unspecified atom stereocenters. The summed E-state index contributed by atoms with van der Waals surface area (Å²) in [6.45, 7) is 7.81. The summed E-state index contributed by atoms with van der Waals surface area (Å²) in [7, 11) is 6.19. The van der Waals surface area contributed by atoms with Gasteiger partial charge < -0.3 is 10.2 Å². The number of hydrogen-bond donors (Lipinski definition) is 1. The van der Waals surface area contributed by atoms with E-state index in [1.54, 1.807) is 0 Å². The van der Waals surface area contributed by atoms with Gasteiger partial charge in [0.1, 0.15) is 5.54 Å². The molecule has 1 aliphatic rings. The van der Waals surface area contributed by atoms with E-state index in [2.05, 4.69) is 49.1 Å². The first-order chi connectivity index (χ1) is 9.49. The van der Waals surface area contributed by atoms with Crippen molar-refractivity contribution in [3.05, 3.63) is 0 Å². The standard InChI is InChI=1S/C16H32N4/c1-6-20(14(2)12-19(4)5)11-9-15-8-7-10-16(15,13-17)18-3/h14-15,18H,6-12H2,1-5H3. The molecular formula is C16H32N4. The largest absolute Gasteiger partial charge is 0.308 e. The smallest absolute Gasteiger partial charge is 0.109 e. The molecular weight excluding hydrogens is 248 g/mol. The third-order valence-electron chi connectivity index (χ3n) is 4.89. The van der Waals surface area contributed by atoms with Gasteiger partial charge in [0.05, 0.1) is 6.07 Å². The second-order valence-electron chi connectivity index (χ2n) is 6.45. The minimum atomic E-state index is -0.274. The van der Waals surface area contributed by atoms with Gasteiger partial charge in [0, 0.05) is 12.6 Å². The third-order valence-corrected chi connectivity index (χ3v) is 4.89. The molecule has 1 rings (SSSR count). The van der Waals surface area contributed by atoms with Crippen LogP contribution in [0.5, 0.6) is 0 Å². The predicted octanol–water partition coefficient (Wildman–Crippen LogP) is 1.93. The highest BCUT2D eigenvalue weighted by Gasteiger charge is 2.41. The lowest BCUT2D eigenvalue weighted by atomic mass is 9.86. The Hall–Kier alpha value is -0.630. The molecule has 0 aromatic heterocycles. The van der Waals surface area contributed by atoms with E-state index in [0.717, 1.165) is 32.5 Å². The normalized spacial score (nSPS) is 28.0. The van der Waals surface area contributed by atoms with Gasteiger partial charge in [-0.15, -0.1) is 0 Å². The molecule has 0 radical (unpaired) electrons. The summed E-state index contributed by atoms with van der Waals surface area (Å²) in [4.78, 5) is 4.78. The number of nitrogens with one attached hydrogen (secondary N) is 1. The first kappa shape index (κ1) is 17.4. The summed E-state index contributed by atoms with van der Waals surface area (Å²) in [5.74, 6) is 0.498. The zero-order valence-corrected chi connectivity index (χ0v) is 13.9. The second kappa shape index (κ2) is 7.97. The fourth-order valence-electron chi connectivity index (χ4n) is 3.66. The minimum Gasteiger partial charge on any atom is -0.308 e. The van der Waals surface area contributed by atoms with Crippen LogP contribution in [-0.2, 0) is 0 Å². The van der Waals surface area contributed by atoms with Crippen LogP contribution in [-0.4, -0.2) is 62.2 Å². The van der Waals surface area contributed by atoms with Crippen LogP contribution < -0.4 is 5.32 Å². The van der Waals surface area contributed by atoms with E-state index in [0.29, 0.717) is 12.0 Å². The van der Waals surface area contributed by atoms with Crippen LogP contribution in [0.15, 0.2) is 0 Å². The van der Waals surface area contributed by atoms with Crippen molar-refractivity contribution in [2.24, 2.45) is 5.92 Å². The first-order valence-electron chi connectivity index (χ1n) is 7.98. The molecule has 0 spiro atoms. The van der Waals surface area contributed by atoms with E-state index in [1.165, 1.54) is 12.8 Å². The second-order valence-corrected chi connectivity index (χ2v) is 6.45. The molecule has 1 saturated carbocycles. The van der Waals surface area contributed by atoms with Gasteiger partial charge in [-0.25, -0.2) is 0 Å². The highest BCUT2D eigenvalue weighted by Crippen LogP contribution is 2.37. The van der Waals surface area contributed by atoms with E-state index in [4.69, 9.17) is 0 Å². The van der Waals surface area contributed by atoms with E-state index in [1.807, 2.05) is 7.05 Å². The minimum absolute atomic E-state index is 0.274. The Kier molecular flexibility index (Phi) is 6.94. The maximum Gasteiger partial charge on any atom is 0.109 e. The average Bonchev–Trinajstić information content (AvgIpc) is 2.82. The molecule has 1 fully saturated rings. The van der Waals surface area contributed by atoms with Crippen molar-refractivity contribution in [3.8, 4) is 6.07 Å². The van der Waals surface area contributed by atoms with Gasteiger partial charge in [0.15, 0.2) is 0 Å². The maximum atomic E-state index is 9.50. The van der Waals surface area contributed by atoms with Crippen LogP contribution in [0.2, 0.25) is 0 Å². The Labute approximate surface area is 125 Å². The van der Waals surface area contributed by atoms with Gasteiger partial charge >= 0.3 is 0 Å².